The van der Waals surface area contributed by atoms with Crippen LogP contribution in [0.5, 0.6) is 0 Å². The van der Waals surface area contributed by atoms with E-state index in [2.05, 4.69) is 60.2 Å². The molecule has 0 aliphatic carbocycles. The van der Waals surface area contributed by atoms with E-state index >= 15 is 0 Å². The van der Waals surface area contributed by atoms with Crippen molar-refractivity contribution < 1.29 is 0 Å². The smallest absolute Gasteiger partial charge is 0.0624 e. The monoisotopic (exact) mass is 289 g/mol. The van der Waals surface area contributed by atoms with Gasteiger partial charge in [0, 0.05) is 29.6 Å². The summed E-state index contributed by atoms with van der Waals surface area (Å²) in [5.74, 6) is 0. The molecule has 0 aliphatic heterocycles. The average Bonchev–Trinajstić information content (AvgIpc) is 2.89. The van der Waals surface area contributed by atoms with E-state index in [0.29, 0.717) is 0 Å². The molecule has 0 fully saturated rings. The van der Waals surface area contributed by atoms with Gasteiger partial charge in [-0.3, -0.25) is 4.68 Å². The minimum absolute atomic E-state index is 0.0256. The van der Waals surface area contributed by atoms with Gasteiger partial charge in [-0.05, 0) is 43.4 Å². The average molecular weight is 289 g/mol. The van der Waals surface area contributed by atoms with Gasteiger partial charge in [0.15, 0.2) is 0 Å². The normalized spacial score (nSPS) is 12.6. The van der Waals surface area contributed by atoms with Gasteiger partial charge in [0.2, 0.25) is 0 Å². The van der Waals surface area contributed by atoms with Crippen molar-refractivity contribution in [2.24, 2.45) is 5.73 Å². The number of aromatic nitrogens is 2. The van der Waals surface area contributed by atoms with Crippen molar-refractivity contribution in [3.05, 3.63) is 47.3 Å². The quantitative estimate of drug-likeness (QED) is 0.829. The molecule has 20 heavy (non-hydrogen) atoms. The number of benzene rings is 1. The summed E-state index contributed by atoms with van der Waals surface area (Å²) in [4.78, 5) is 1.27. The molecule has 4 heteroatoms. The van der Waals surface area contributed by atoms with Crippen LogP contribution in [0.2, 0.25) is 0 Å². The van der Waals surface area contributed by atoms with E-state index in [1.54, 1.807) is 11.8 Å². The molecule has 1 heterocycles. The van der Waals surface area contributed by atoms with E-state index < -0.39 is 0 Å². The fourth-order valence-corrected chi connectivity index (χ4v) is 2.73. The predicted octanol–water partition coefficient (Wildman–Crippen LogP) is 3.43. The van der Waals surface area contributed by atoms with Crippen molar-refractivity contribution in [1.82, 2.24) is 9.78 Å². The molecule has 0 saturated heterocycles. The van der Waals surface area contributed by atoms with Crippen LogP contribution in [0.3, 0.4) is 0 Å². The van der Waals surface area contributed by atoms with E-state index in [1.165, 1.54) is 16.2 Å². The molecule has 3 nitrogen and oxygen atoms in total. The van der Waals surface area contributed by atoms with E-state index in [1.807, 2.05) is 0 Å². The molecule has 1 unspecified atom stereocenters. The maximum Gasteiger partial charge on any atom is 0.0624 e. The summed E-state index contributed by atoms with van der Waals surface area (Å²) in [5, 5.41) is 4.58. The first kappa shape index (κ1) is 15.1. The van der Waals surface area contributed by atoms with Gasteiger partial charge < -0.3 is 5.73 Å². The lowest BCUT2D eigenvalue weighted by molar-refractivity contribution is 0.585. The van der Waals surface area contributed by atoms with Gasteiger partial charge in [0.25, 0.3) is 0 Å². The summed E-state index contributed by atoms with van der Waals surface area (Å²) in [5.41, 5.74) is 9.90. The van der Waals surface area contributed by atoms with Crippen LogP contribution in [0.15, 0.2) is 35.2 Å². The molecular weight excluding hydrogens is 266 g/mol. The molecule has 0 saturated carbocycles. The van der Waals surface area contributed by atoms with Gasteiger partial charge in [-0.1, -0.05) is 19.1 Å². The maximum atomic E-state index is 6.34. The summed E-state index contributed by atoms with van der Waals surface area (Å²) >= 11 is 1.75. The van der Waals surface area contributed by atoms with Crippen molar-refractivity contribution in [3.8, 4) is 0 Å². The highest BCUT2D eigenvalue weighted by atomic mass is 32.2. The lowest BCUT2D eigenvalue weighted by Crippen LogP contribution is -2.16. The fraction of sp³-hybridized carbons (Fsp3) is 0.438. The number of aryl methyl sites for hydroxylation is 2. The van der Waals surface area contributed by atoms with Gasteiger partial charge in [0.05, 0.1) is 5.69 Å². The second-order valence-corrected chi connectivity index (χ2v) is 5.76. The fourth-order valence-electron chi connectivity index (χ4n) is 2.32. The van der Waals surface area contributed by atoms with E-state index in [4.69, 9.17) is 5.73 Å². The third-order valence-corrected chi connectivity index (χ3v) is 4.29. The molecule has 1 aromatic heterocycles. The van der Waals surface area contributed by atoms with Crippen LogP contribution in [-0.4, -0.2) is 16.0 Å². The Hall–Kier alpha value is -1.26. The lowest BCUT2D eigenvalue weighted by atomic mass is 10.0. The van der Waals surface area contributed by atoms with Crippen LogP contribution >= 0.6 is 11.8 Å². The Morgan fingerprint density at radius 2 is 1.95 bits per heavy atom. The number of thioether (sulfide) groups is 1. The summed E-state index contributed by atoms with van der Waals surface area (Å²) in [6, 6.07) is 10.7. The number of nitrogens with zero attached hydrogens (tertiary/aromatic N) is 2. The minimum atomic E-state index is 0.0256. The molecule has 1 atom stereocenters. The molecule has 2 aromatic rings. The molecule has 0 radical (unpaired) electrons. The molecule has 0 amide bonds. The molecule has 2 rings (SSSR count). The van der Waals surface area contributed by atoms with Crippen molar-refractivity contribution in [2.45, 2.75) is 44.2 Å². The predicted molar refractivity (Wildman–Crippen MR) is 86.1 cm³/mol. The van der Waals surface area contributed by atoms with E-state index in [0.717, 1.165) is 25.1 Å². The summed E-state index contributed by atoms with van der Waals surface area (Å²) in [6.07, 6.45) is 3.89. The molecule has 1 aromatic carbocycles. The Morgan fingerprint density at radius 1 is 1.25 bits per heavy atom. The van der Waals surface area contributed by atoms with Crippen LogP contribution in [0.1, 0.15) is 36.8 Å². The Morgan fingerprint density at radius 3 is 2.50 bits per heavy atom. The zero-order valence-electron chi connectivity index (χ0n) is 12.5. The zero-order valence-corrected chi connectivity index (χ0v) is 13.3. The summed E-state index contributed by atoms with van der Waals surface area (Å²) in [7, 11) is 0. The topological polar surface area (TPSA) is 43.8 Å². The first-order chi connectivity index (χ1) is 9.67. The van der Waals surface area contributed by atoms with Crippen LogP contribution in [0.4, 0.5) is 0 Å². The Labute approximate surface area is 125 Å². The number of rotatable bonds is 6. The molecule has 108 valence electrons. The SMILES string of the molecule is CCc1cc(CC(N)c2ccc(SC)cc2)n(CC)n1. The largest absolute Gasteiger partial charge is 0.324 e. The van der Waals surface area contributed by atoms with Crippen LogP contribution in [0.25, 0.3) is 0 Å². The van der Waals surface area contributed by atoms with E-state index in [-0.39, 0.29) is 6.04 Å². The van der Waals surface area contributed by atoms with Gasteiger partial charge in [0.1, 0.15) is 0 Å². The number of nitrogens with two attached hydrogens (primary N) is 1. The highest BCUT2D eigenvalue weighted by Crippen LogP contribution is 2.21. The number of hydrogen-bond donors (Lipinski definition) is 1. The Balaban J connectivity index is 2.13. The minimum Gasteiger partial charge on any atom is -0.324 e. The Bertz CT molecular complexity index is 545. The third kappa shape index (κ3) is 3.44. The van der Waals surface area contributed by atoms with Crippen LogP contribution < -0.4 is 5.73 Å². The Kier molecular flexibility index (Phi) is 5.26. The molecule has 0 spiro atoms. The van der Waals surface area contributed by atoms with Crippen LogP contribution in [0, 0.1) is 0 Å². The van der Waals surface area contributed by atoms with Gasteiger partial charge in [-0.2, -0.15) is 5.10 Å². The first-order valence-corrected chi connectivity index (χ1v) is 8.35. The van der Waals surface area contributed by atoms with E-state index in [9.17, 15) is 0 Å². The van der Waals surface area contributed by atoms with Crippen molar-refractivity contribution in [1.29, 1.82) is 0 Å². The second kappa shape index (κ2) is 6.95. The lowest BCUT2D eigenvalue weighted by Gasteiger charge is -2.13. The van der Waals surface area contributed by atoms with Crippen LogP contribution in [-0.2, 0) is 19.4 Å². The van der Waals surface area contributed by atoms with Crippen molar-refractivity contribution >= 4 is 11.8 Å². The van der Waals surface area contributed by atoms with Gasteiger partial charge in [-0.15, -0.1) is 11.8 Å². The summed E-state index contributed by atoms with van der Waals surface area (Å²) in [6.45, 7) is 5.15. The van der Waals surface area contributed by atoms with Gasteiger partial charge in [-0.25, -0.2) is 0 Å². The highest BCUT2D eigenvalue weighted by molar-refractivity contribution is 7.98. The van der Waals surface area contributed by atoms with Gasteiger partial charge >= 0.3 is 0 Å². The molecule has 2 N–H and O–H groups in total. The summed E-state index contributed by atoms with van der Waals surface area (Å²) < 4.78 is 2.06. The second-order valence-electron chi connectivity index (χ2n) is 4.88. The third-order valence-electron chi connectivity index (χ3n) is 3.55. The molecule has 0 aliphatic rings. The maximum absolute atomic E-state index is 6.34. The molecular formula is C16H23N3S. The van der Waals surface area contributed by atoms with Crippen molar-refractivity contribution in [3.63, 3.8) is 0 Å². The van der Waals surface area contributed by atoms with Crippen molar-refractivity contribution in [2.75, 3.05) is 6.26 Å². The standard InChI is InChI=1S/C16H23N3S/c1-4-13-10-14(19(5-2)18-13)11-16(17)12-6-8-15(20-3)9-7-12/h6-10,16H,4-5,11,17H2,1-3H3. The molecule has 0 bridgehead atoms. The number of hydrogen-bond acceptors (Lipinski definition) is 3. The first-order valence-electron chi connectivity index (χ1n) is 7.13. The highest BCUT2D eigenvalue weighted by Gasteiger charge is 2.12. The zero-order chi connectivity index (χ0) is 14.5.